The molecule has 0 saturated carbocycles. The number of nitrogens with zero attached hydrogens (tertiary/aromatic N) is 3. The fourth-order valence-corrected chi connectivity index (χ4v) is 2.62. The van der Waals surface area contributed by atoms with E-state index in [1.165, 1.54) is 11.3 Å². The number of benzene rings is 1. The smallest absolute Gasteiger partial charge is 0.141 e. The van der Waals surface area contributed by atoms with Crippen molar-refractivity contribution in [3.63, 3.8) is 0 Å². The van der Waals surface area contributed by atoms with Crippen LogP contribution in [0, 0.1) is 6.92 Å². The zero-order chi connectivity index (χ0) is 13.2. The summed E-state index contributed by atoms with van der Waals surface area (Å²) in [5, 5.41) is 3.29. The topological polar surface area (TPSA) is 41.1 Å². The van der Waals surface area contributed by atoms with E-state index >= 15 is 0 Å². The molecule has 0 radical (unpaired) electrons. The molecule has 98 valence electrons. The van der Waals surface area contributed by atoms with Crippen LogP contribution < -0.4 is 10.2 Å². The van der Waals surface area contributed by atoms with Gasteiger partial charge in [0, 0.05) is 24.3 Å². The predicted octanol–water partition coefficient (Wildman–Crippen LogP) is 2.91. The van der Waals surface area contributed by atoms with E-state index in [-0.39, 0.29) is 0 Å². The minimum atomic E-state index is 0.869. The molecule has 1 aliphatic heterocycles. The van der Waals surface area contributed by atoms with Crippen LogP contribution in [0.25, 0.3) is 0 Å². The first-order chi connectivity index (χ1) is 9.31. The van der Waals surface area contributed by atoms with Crippen molar-refractivity contribution in [2.24, 2.45) is 0 Å². The molecule has 0 atom stereocenters. The van der Waals surface area contributed by atoms with E-state index in [9.17, 15) is 0 Å². The Morgan fingerprint density at radius 3 is 2.95 bits per heavy atom. The zero-order valence-electron chi connectivity index (χ0n) is 11.3. The highest BCUT2D eigenvalue weighted by Gasteiger charge is 2.23. The standard InChI is InChI=1S/C15H18N4/c1-3-16-14-11(2)15(18-10-17-14)19-9-8-12-6-4-5-7-13(12)19/h4-7,10H,3,8-9H2,1-2H3,(H,16,17,18). The van der Waals surface area contributed by atoms with Crippen LogP contribution in [0.4, 0.5) is 17.3 Å². The van der Waals surface area contributed by atoms with Crippen molar-refractivity contribution in [2.45, 2.75) is 20.3 Å². The van der Waals surface area contributed by atoms with Gasteiger partial charge in [0.1, 0.15) is 18.0 Å². The molecule has 0 saturated heterocycles. The second kappa shape index (κ2) is 4.88. The van der Waals surface area contributed by atoms with Crippen LogP contribution in [0.5, 0.6) is 0 Å². The Hall–Kier alpha value is -2.10. The van der Waals surface area contributed by atoms with Crippen molar-refractivity contribution < 1.29 is 0 Å². The molecule has 4 heteroatoms. The van der Waals surface area contributed by atoms with Crippen molar-refractivity contribution in [1.29, 1.82) is 0 Å². The SMILES string of the molecule is CCNc1ncnc(N2CCc3ccccc32)c1C. The maximum atomic E-state index is 4.48. The molecule has 2 heterocycles. The lowest BCUT2D eigenvalue weighted by Gasteiger charge is -2.21. The van der Waals surface area contributed by atoms with Crippen LogP contribution >= 0.6 is 0 Å². The number of rotatable bonds is 3. The summed E-state index contributed by atoms with van der Waals surface area (Å²) >= 11 is 0. The first-order valence-corrected chi connectivity index (χ1v) is 6.72. The lowest BCUT2D eigenvalue weighted by atomic mass is 10.2. The predicted molar refractivity (Wildman–Crippen MR) is 78.1 cm³/mol. The van der Waals surface area contributed by atoms with E-state index in [4.69, 9.17) is 0 Å². The minimum absolute atomic E-state index is 0.869. The second-order valence-corrected chi connectivity index (χ2v) is 4.73. The molecule has 1 aromatic heterocycles. The summed E-state index contributed by atoms with van der Waals surface area (Å²) in [5.74, 6) is 1.94. The van der Waals surface area contributed by atoms with E-state index in [2.05, 4.69) is 58.3 Å². The highest BCUT2D eigenvalue weighted by Crippen LogP contribution is 2.35. The highest BCUT2D eigenvalue weighted by atomic mass is 15.2. The number of aromatic nitrogens is 2. The highest BCUT2D eigenvalue weighted by molar-refractivity contribution is 5.71. The fraction of sp³-hybridized carbons (Fsp3) is 0.333. The van der Waals surface area contributed by atoms with Gasteiger partial charge in [-0.05, 0) is 31.9 Å². The van der Waals surface area contributed by atoms with Crippen molar-refractivity contribution in [1.82, 2.24) is 9.97 Å². The largest absolute Gasteiger partial charge is 0.370 e. The summed E-state index contributed by atoms with van der Waals surface area (Å²) in [4.78, 5) is 11.1. The molecule has 0 aliphatic carbocycles. The van der Waals surface area contributed by atoms with Crippen molar-refractivity contribution in [3.8, 4) is 0 Å². The van der Waals surface area contributed by atoms with E-state index in [0.717, 1.165) is 36.7 Å². The van der Waals surface area contributed by atoms with Crippen molar-refractivity contribution in [2.75, 3.05) is 23.3 Å². The molecule has 2 aromatic rings. The van der Waals surface area contributed by atoms with Gasteiger partial charge in [-0.2, -0.15) is 0 Å². The molecule has 0 fully saturated rings. The summed E-state index contributed by atoms with van der Waals surface area (Å²) in [6.07, 6.45) is 2.72. The quantitative estimate of drug-likeness (QED) is 0.914. The number of nitrogens with one attached hydrogen (secondary N) is 1. The van der Waals surface area contributed by atoms with Gasteiger partial charge in [-0.15, -0.1) is 0 Å². The molecule has 0 amide bonds. The first kappa shape index (κ1) is 12.0. The fourth-order valence-electron chi connectivity index (χ4n) is 2.62. The monoisotopic (exact) mass is 254 g/mol. The van der Waals surface area contributed by atoms with Crippen LogP contribution in [-0.4, -0.2) is 23.1 Å². The van der Waals surface area contributed by atoms with Gasteiger partial charge in [0.05, 0.1) is 0 Å². The summed E-state index contributed by atoms with van der Waals surface area (Å²) < 4.78 is 0. The van der Waals surface area contributed by atoms with Crippen LogP contribution in [0.3, 0.4) is 0 Å². The summed E-state index contributed by atoms with van der Waals surface area (Å²) in [7, 11) is 0. The summed E-state index contributed by atoms with van der Waals surface area (Å²) in [6.45, 7) is 6.01. The molecular formula is C15H18N4. The average Bonchev–Trinajstić information content (AvgIpc) is 2.85. The number of hydrogen-bond acceptors (Lipinski definition) is 4. The first-order valence-electron chi connectivity index (χ1n) is 6.72. The van der Waals surface area contributed by atoms with Gasteiger partial charge in [0.25, 0.3) is 0 Å². The average molecular weight is 254 g/mol. The summed E-state index contributed by atoms with van der Waals surface area (Å²) in [6, 6.07) is 8.53. The molecule has 1 N–H and O–H groups in total. The minimum Gasteiger partial charge on any atom is -0.370 e. The molecule has 1 aromatic carbocycles. The Morgan fingerprint density at radius 2 is 2.11 bits per heavy atom. The van der Waals surface area contributed by atoms with Crippen LogP contribution in [0.1, 0.15) is 18.1 Å². The third kappa shape index (κ3) is 2.03. The number of anilines is 3. The van der Waals surface area contributed by atoms with Gasteiger partial charge in [-0.1, -0.05) is 18.2 Å². The molecule has 19 heavy (non-hydrogen) atoms. The molecule has 3 rings (SSSR count). The normalized spacial score (nSPS) is 13.5. The van der Waals surface area contributed by atoms with Gasteiger partial charge in [0.15, 0.2) is 0 Å². The molecule has 0 spiro atoms. The van der Waals surface area contributed by atoms with Gasteiger partial charge >= 0.3 is 0 Å². The Labute approximate surface area is 113 Å². The van der Waals surface area contributed by atoms with E-state index in [1.54, 1.807) is 6.33 Å². The number of fused-ring (bicyclic) bond motifs is 1. The maximum Gasteiger partial charge on any atom is 0.141 e. The van der Waals surface area contributed by atoms with Crippen LogP contribution in [0.2, 0.25) is 0 Å². The Bertz CT molecular complexity index is 594. The lowest BCUT2D eigenvalue weighted by molar-refractivity contribution is 0.951. The van der Waals surface area contributed by atoms with Gasteiger partial charge in [-0.3, -0.25) is 0 Å². The molecule has 0 bridgehead atoms. The zero-order valence-corrected chi connectivity index (χ0v) is 11.3. The van der Waals surface area contributed by atoms with Crippen LogP contribution in [-0.2, 0) is 6.42 Å². The van der Waals surface area contributed by atoms with E-state index < -0.39 is 0 Å². The van der Waals surface area contributed by atoms with Gasteiger partial charge < -0.3 is 10.2 Å². The molecule has 4 nitrogen and oxygen atoms in total. The van der Waals surface area contributed by atoms with E-state index in [1.807, 2.05) is 0 Å². The maximum absolute atomic E-state index is 4.48. The van der Waals surface area contributed by atoms with Crippen molar-refractivity contribution in [3.05, 3.63) is 41.7 Å². The third-order valence-corrected chi connectivity index (χ3v) is 3.54. The summed E-state index contributed by atoms with van der Waals surface area (Å²) in [5.41, 5.74) is 3.78. The van der Waals surface area contributed by atoms with Crippen LogP contribution in [0.15, 0.2) is 30.6 Å². The van der Waals surface area contributed by atoms with Gasteiger partial charge in [-0.25, -0.2) is 9.97 Å². The number of para-hydroxylation sites is 1. The second-order valence-electron chi connectivity index (χ2n) is 4.73. The Morgan fingerprint density at radius 1 is 1.26 bits per heavy atom. The molecule has 1 aliphatic rings. The van der Waals surface area contributed by atoms with Crippen molar-refractivity contribution >= 4 is 17.3 Å². The number of hydrogen-bond donors (Lipinski definition) is 1. The van der Waals surface area contributed by atoms with E-state index in [0.29, 0.717) is 0 Å². The molecular weight excluding hydrogens is 236 g/mol. The molecule has 0 unspecified atom stereocenters. The Kier molecular flexibility index (Phi) is 3.07. The third-order valence-electron chi connectivity index (χ3n) is 3.54. The lowest BCUT2D eigenvalue weighted by Crippen LogP contribution is -2.17. The Balaban J connectivity index is 2.02. The van der Waals surface area contributed by atoms with Gasteiger partial charge in [0.2, 0.25) is 0 Å².